The van der Waals surface area contributed by atoms with Crippen molar-refractivity contribution in [3.05, 3.63) is 53.1 Å². The molecule has 2 aromatic carbocycles. The number of benzene rings is 2. The zero-order valence-electron chi connectivity index (χ0n) is 18.0. The Kier molecular flexibility index (Phi) is 5.23. The van der Waals surface area contributed by atoms with E-state index < -0.39 is 11.9 Å². The van der Waals surface area contributed by atoms with Gasteiger partial charge in [0.1, 0.15) is 17.7 Å². The number of rotatable bonds is 4. The van der Waals surface area contributed by atoms with E-state index in [1.807, 2.05) is 11.8 Å². The fraction of sp³-hybridized carbons (Fsp3) is 0.417. The van der Waals surface area contributed by atoms with Gasteiger partial charge in [0.2, 0.25) is 11.8 Å². The van der Waals surface area contributed by atoms with E-state index >= 15 is 0 Å². The van der Waals surface area contributed by atoms with Crippen molar-refractivity contribution in [3.63, 3.8) is 0 Å². The molecule has 1 unspecified atom stereocenters. The number of aryl methyl sites for hydroxylation is 1. The molecule has 2 fully saturated rings. The maximum atomic E-state index is 14.4. The number of likely N-dealkylation sites (tertiary alicyclic amines) is 1. The summed E-state index contributed by atoms with van der Waals surface area (Å²) in [6, 6.07) is 7.10. The van der Waals surface area contributed by atoms with E-state index in [1.54, 1.807) is 12.1 Å². The van der Waals surface area contributed by atoms with E-state index in [0.29, 0.717) is 35.6 Å². The highest BCUT2D eigenvalue weighted by molar-refractivity contribution is 5.98. The van der Waals surface area contributed by atoms with Crippen molar-refractivity contribution in [3.8, 4) is 0 Å². The molecule has 6 nitrogen and oxygen atoms in total. The third-order valence-electron chi connectivity index (χ3n) is 6.74. The number of halogens is 2. The van der Waals surface area contributed by atoms with Crippen LogP contribution in [-0.2, 0) is 16.0 Å². The molecule has 0 bridgehead atoms. The summed E-state index contributed by atoms with van der Waals surface area (Å²) in [4.78, 5) is 28.9. The quantitative estimate of drug-likeness (QED) is 0.765. The molecule has 2 aromatic rings. The lowest BCUT2D eigenvalue weighted by Gasteiger charge is -2.25. The number of amides is 2. The number of hydrogen-bond acceptors (Lipinski definition) is 4. The zero-order valence-corrected chi connectivity index (χ0v) is 18.0. The van der Waals surface area contributed by atoms with Crippen molar-refractivity contribution < 1.29 is 18.4 Å². The lowest BCUT2D eigenvalue weighted by molar-refractivity contribution is -0.129. The molecule has 2 atom stereocenters. The normalized spacial score (nSPS) is 22.3. The number of anilines is 3. The van der Waals surface area contributed by atoms with Crippen LogP contribution in [0.15, 0.2) is 30.3 Å². The maximum Gasteiger partial charge on any atom is 0.247 e. The van der Waals surface area contributed by atoms with Gasteiger partial charge >= 0.3 is 0 Å². The fourth-order valence-corrected chi connectivity index (χ4v) is 5.07. The van der Waals surface area contributed by atoms with Crippen LogP contribution in [0.4, 0.5) is 25.8 Å². The second-order valence-electron chi connectivity index (χ2n) is 8.89. The minimum absolute atomic E-state index is 0.144. The summed E-state index contributed by atoms with van der Waals surface area (Å²) < 4.78 is 28.5. The van der Waals surface area contributed by atoms with Crippen LogP contribution in [0.2, 0.25) is 0 Å². The molecule has 0 saturated carbocycles. The molecule has 3 heterocycles. The Balaban J connectivity index is 1.28. The highest BCUT2D eigenvalue weighted by Gasteiger charge is 2.34. The Morgan fingerprint density at radius 1 is 1.19 bits per heavy atom. The van der Waals surface area contributed by atoms with Gasteiger partial charge in [0.25, 0.3) is 0 Å². The second kappa shape index (κ2) is 8.07. The van der Waals surface area contributed by atoms with Crippen LogP contribution >= 0.6 is 0 Å². The molecule has 0 spiro atoms. The first-order valence-electron chi connectivity index (χ1n) is 11.1. The first kappa shape index (κ1) is 20.7. The third kappa shape index (κ3) is 3.78. The number of nitrogens with zero attached hydrogens (tertiary/aromatic N) is 2. The van der Waals surface area contributed by atoms with Crippen LogP contribution in [0.5, 0.6) is 0 Å². The zero-order chi connectivity index (χ0) is 22.4. The van der Waals surface area contributed by atoms with Crippen molar-refractivity contribution in [2.24, 2.45) is 0 Å². The molecule has 32 heavy (non-hydrogen) atoms. The second-order valence-corrected chi connectivity index (χ2v) is 8.89. The van der Waals surface area contributed by atoms with Crippen LogP contribution in [0, 0.1) is 18.6 Å². The van der Waals surface area contributed by atoms with Gasteiger partial charge in [0.15, 0.2) is 0 Å². The number of nitrogens with one attached hydrogen (secondary N) is 2. The average molecular weight is 440 g/mol. The van der Waals surface area contributed by atoms with Crippen LogP contribution in [0.25, 0.3) is 0 Å². The smallest absolute Gasteiger partial charge is 0.247 e. The molecule has 0 aliphatic carbocycles. The Bertz CT molecular complexity index is 1060. The minimum atomic E-state index is -0.621. The van der Waals surface area contributed by atoms with E-state index in [-0.39, 0.29) is 30.1 Å². The molecule has 5 rings (SSSR count). The Morgan fingerprint density at radius 2 is 2.03 bits per heavy atom. The molecular formula is C24H26F2N4O2. The topological polar surface area (TPSA) is 64.7 Å². The molecule has 2 saturated heterocycles. The lowest BCUT2D eigenvalue weighted by Crippen LogP contribution is -2.38. The third-order valence-corrected chi connectivity index (χ3v) is 6.74. The Morgan fingerprint density at radius 3 is 2.78 bits per heavy atom. The summed E-state index contributed by atoms with van der Waals surface area (Å²) in [5.41, 5.74) is 3.08. The van der Waals surface area contributed by atoms with E-state index in [9.17, 15) is 18.4 Å². The fourth-order valence-electron chi connectivity index (χ4n) is 5.07. The standard InChI is InChI=1S/C24H26F2N4O2/c1-14-4-5-20(26)19-12-21(28-23(14)19)24(32)27-16-9-15(25)10-18(11-16)29-8-6-17(13-29)30-7-2-3-22(30)31/h4-5,9-11,17,21,28H,2-3,6-8,12-13H2,1H3,(H,27,32)/t17-,21?/m0/s1. The predicted octanol–water partition coefficient (Wildman–Crippen LogP) is 3.45. The molecule has 8 heteroatoms. The minimum Gasteiger partial charge on any atom is -0.373 e. The molecule has 2 amide bonds. The molecule has 2 N–H and O–H groups in total. The summed E-state index contributed by atoms with van der Waals surface area (Å²) in [7, 11) is 0. The van der Waals surface area contributed by atoms with Gasteiger partial charge in [0.05, 0.1) is 6.04 Å². The highest BCUT2D eigenvalue weighted by atomic mass is 19.1. The predicted molar refractivity (Wildman–Crippen MR) is 119 cm³/mol. The summed E-state index contributed by atoms with van der Waals surface area (Å²) in [6.07, 6.45) is 2.59. The van der Waals surface area contributed by atoms with Crippen molar-refractivity contribution in [1.29, 1.82) is 0 Å². The van der Waals surface area contributed by atoms with Crippen molar-refractivity contribution in [2.45, 2.75) is 44.7 Å². The van der Waals surface area contributed by atoms with Crippen LogP contribution in [0.1, 0.15) is 30.4 Å². The van der Waals surface area contributed by atoms with Crippen molar-refractivity contribution in [2.75, 3.05) is 35.2 Å². The maximum absolute atomic E-state index is 14.4. The average Bonchev–Trinajstić information content (AvgIpc) is 3.49. The number of hydrogen-bond donors (Lipinski definition) is 2. The molecule has 0 radical (unpaired) electrons. The van der Waals surface area contributed by atoms with Crippen LogP contribution in [0.3, 0.4) is 0 Å². The SMILES string of the molecule is Cc1ccc(F)c2c1NC(C(=O)Nc1cc(F)cc(N3CC[C@H](N4CCCC4=O)C3)c1)C2. The van der Waals surface area contributed by atoms with Gasteiger partial charge in [-0.25, -0.2) is 8.78 Å². The highest BCUT2D eigenvalue weighted by Crippen LogP contribution is 2.33. The number of fused-ring (bicyclic) bond motifs is 1. The van der Waals surface area contributed by atoms with Crippen LogP contribution in [-0.4, -0.2) is 48.4 Å². The van der Waals surface area contributed by atoms with E-state index in [1.165, 1.54) is 18.2 Å². The van der Waals surface area contributed by atoms with Crippen molar-refractivity contribution in [1.82, 2.24) is 4.90 Å². The molecular weight excluding hydrogens is 414 g/mol. The van der Waals surface area contributed by atoms with Gasteiger partial charge in [0, 0.05) is 55.1 Å². The van der Waals surface area contributed by atoms with Gasteiger partial charge in [-0.1, -0.05) is 6.07 Å². The molecule has 3 aliphatic rings. The lowest BCUT2D eigenvalue weighted by atomic mass is 10.1. The Hall–Kier alpha value is -3.16. The molecule has 0 aromatic heterocycles. The number of carbonyl (C=O) groups is 2. The van der Waals surface area contributed by atoms with E-state index in [0.717, 1.165) is 31.5 Å². The van der Waals surface area contributed by atoms with Gasteiger partial charge in [-0.2, -0.15) is 0 Å². The first-order valence-corrected chi connectivity index (χ1v) is 11.1. The van der Waals surface area contributed by atoms with Crippen LogP contribution < -0.4 is 15.5 Å². The van der Waals surface area contributed by atoms with Gasteiger partial charge < -0.3 is 20.4 Å². The largest absolute Gasteiger partial charge is 0.373 e. The monoisotopic (exact) mass is 440 g/mol. The first-order chi connectivity index (χ1) is 15.4. The summed E-state index contributed by atoms with van der Waals surface area (Å²) in [5, 5.41) is 5.88. The van der Waals surface area contributed by atoms with Gasteiger partial charge in [-0.05, 0) is 49.6 Å². The number of carbonyl (C=O) groups excluding carboxylic acids is 2. The molecule has 168 valence electrons. The summed E-state index contributed by atoms with van der Waals surface area (Å²) >= 11 is 0. The summed E-state index contributed by atoms with van der Waals surface area (Å²) in [6.45, 7) is 4.03. The summed E-state index contributed by atoms with van der Waals surface area (Å²) in [5.74, 6) is -0.913. The van der Waals surface area contributed by atoms with E-state index in [4.69, 9.17) is 0 Å². The van der Waals surface area contributed by atoms with Gasteiger partial charge in [-0.3, -0.25) is 9.59 Å². The van der Waals surface area contributed by atoms with Crippen molar-refractivity contribution >= 4 is 28.9 Å². The van der Waals surface area contributed by atoms with Gasteiger partial charge in [-0.15, -0.1) is 0 Å². The van der Waals surface area contributed by atoms with E-state index in [2.05, 4.69) is 15.5 Å². The molecule has 3 aliphatic heterocycles. The Labute approximate surface area is 185 Å².